The van der Waals surface area contributed by atoms with E-state index in [2.05, 4.69) is 4.74 Å². The van der Waals surface area contributed by atoms with Crippen molar-refractivity contribution < 1.29 is 14.3 Å². The van der Waals surface area contributed by atoms with Gasteiger partial charge in [-0.3, -0.25) is 9.59 Å². The molecule has 0 saturated heterocycles. The van der Waals surface area contributed by atoms with Crippen LogP contribution in [0.25, 0.3) is 0 Å². The lowest BCUT2D eigenvalue weighted by Crippen LogP contribution is -2.13. The number of carbonyl (C=O) groups excluding carboxylic acids is 2. The maximum atomic E-state index is 11.9. The van der Waals surface area contributed by atoms with Gasteiger partial charge in [-0.1, -0.05) is 29.3 Å². The van der Waals surface area contributed by atoms with Gasteiger partial charge in [0.25, 0.3) is 0 Å². The molecule has 0 radical (unpaired) electrons. The van der Waals surface area contributed by atoms with Crippen molar-refractivity contribution in [3.8, 4) is 6.07 Å². The van der Waals surface area contributed by atoms with Gasteiger partial charge in [0.1, 0.15) is 5.92 Å². The standard InChI is InChI=1S/C13H11Cl2NO3/c1-19-13(18)5-4-12(17)10(7-16)9-3-2-8(14)6-11(9)15/h2-3,6,10H,4-5H2,1H3/t10-/m0/s1. The van der Waals surface area contributed by atoms with Crippen LogP contribution < -0.4 is 0 Å². The molecule has 100 valence electrons. The Bertz CT molecular complexity index is 537. The number of nitrogens with zero attached hydrogens (tertiary/aromatic N) is 1. The van der Waals surface area contributed by atoms with Crippen LogP contribution in [0.2, 0.25) is 10.0 Å². The summed E-state index contributed by atoms with van der Waals surface area (Å²) in [4.78, 5) is 22.9. The Morgan fingerprint density at radius 2 is 2.05 bits per heavy atom. The van der Waals surface area contributed by atoms with Crippen LogP contribution >= 0.6 is 23.2 Å². The highest BCUT2D eigenvalue weighted by Gasteiger charge is 2.23. The second-order valence-electron chi connectivity index (χ2n) is 3.77. The summed E-state index contributed by atoms with van der Waals surface area (Å²) in [6, 6.07) is 6.45. The number of ether oxygens (including phenoxy) is 1. The summed E-state index contributed by atoms with van der Waals surface area (Å²) in [7, 11) is 1.24. The van der Waals surface area contributed by atoms with E-state index in [0.717, 1.165) is 0 Å². The van der Waals surface area contributed by atoms with E-state index in [-0.39, 0.29) is 23.6 Å². The van der Waals surface area contributed by atoms with E-state index >= 15 is 0 Å². The SMILES string of the molecule is COC(=O)CCC(=O)[C@@H](C#N)c1ccc(Cl)cc1Cl. The van der Waals surface area contributed by atoms with E-state index in [4.69, 9.17) is 28.5 Å². The summed E-state index contributed by atoms with van der Waals surface area (Å²) >= 11 is 11.7. The van der Waals surface area contributed by atoms with E-state index in [9.17, 15) is 9.59 Å². The molecule has 0 fully saturated rings. The second-order valence-corrected chi connectivity index (χ2v) is 4.61. The monoisotopic (exact) mass is 299 g/mol. The molecule has 1 atom stereocenters. The lowest BCUT2D eigenvalue weighted by Gasteiger charge is -2.10. The van der Waals surface area contributed by atoms with Crippen molar-refractivity contribution in [1.82, 2.24) is 0 Å². The minimum atomic E-state index is -1.01. The van der Waals surface area contributed by atoms with E-state index in [1.807, 2.05) is 6.07 Å². The zero-order valence-electron chi connectivity index (χ0n) is 10.2. The molecular formula is C13H11Cl2NO3. The Kier molecular flexibility index (Phi) is 5.81. The number of methoxy groups -OCH3 is 1. The van der Waals surface area contributed by atoms with Gasteiger partial charge >= 0.3 is 5.97 Å². The zero-order chi connectivity index (χ0) is 14.4. The summed E-state index contributed by atoms with van der Waals surface area (Å²) < 4.78 is 4.44. The van der Waals surface area contributed by atoms with Gasteiger partial charge in [0.05, 0.1) is 19.6 Å². The summed E-state index contributed by atoms with van der Waals surface area (Å²) in [5.74, 6) is -1.88. The molecule has 0 saturated carbocycles. The highest BCUT2D eigenvalue weighted by Crippen LogP contribution is 2.28. The largest absolute Gasteiger partial charge is 0.469 e. The Morgan fingerprint density at radius 3 is 2.58 bits per heavy atom. The Labute approximate surface area is 120 Å². The van der Waals surface area contributed by atoms with Crippen LogP contribution in [0.4, 0.5) is 0 Å². The van der Waals surface area contributed by atoms with Gasteiger partial charge in [-0.05, 0) is 17.7 Å². The van der Waals surface area contributed by atoms with Gasteiger partial charge in [0.15, 0.2) is 5.78 Å². The number of halogens is 2. The summed E-state index contributed by atoms with van der Waals surface area (Å²) in [6.07, 6.45) is -0.122. The van der Waals surface area contributed by atoms with Gasteiger partial charge in [-0.2, -0.15) is 5.26 Å². The molecule has 0 aliphatic heterocycles. The second kappa shape index (κ2) is 7.13. The maximum Gasteiger partial charge on any atom is 0.305 e. The minimum absolute atomic E-state index is 0.0568. The smallest absolute Gasteiger partial charge is 0.305 e. The van der Waals surface area contributed by atoms with E-state index in [0.29, 0.717) is 10.6 Å². The molecule has 0 heterocycles. The van der Waals surface area contributed by atoms with Crippen LogP contribution in [0.1, 0.15) is 24.3 Å². The molecule has 0 aliphatic rings. The third-order valence-electron chi connectivity index (χ3n) is 2.53. The molecule has 19 heavy (non-hydrogen) atoms. The Hall–Kier alpha value is -1.57. The first-order chi connectivity index (χ1) is 8.99. The molecular weight excluding hydrogens is 289 g/mol. The predicted octanol–water partition coefficient (Wildman–Crippen LogP) is 3.12. The number of nitriles is 1. The molecule has 0 amide bonds. The number of ketones is 1. The maximum absolute atomic E-state index is 11.9. The highest BCUT2D eigenvalue weighted by atomic mass is 35.5. The topological polar surface area (TPSA) is 67.2 Å². The van der Waals surface area contributed by atoms with E-state index in [1.165, 1.54) is 19.2 Å². The quantitative estimate of drug-likeness (QED) is 0.783. The molecule has 6 heteroatoms. The van der Waals surface area contributed by atoms with Crippen molar-refractivity contribution in [2.75, 3.05) is 7.11 Å². The fourth-order valence-corrected chi connectivity index (χ4v) is 2.04. The lowest BCUT2D eigenvalue weighted by molar-refractivity contribution is -0.141. The van der Waals surface area contributed by atoms with Gasteiger partial charge in [-0.15, -0.1) is 0 Å². The third kappa shape index (κ3) is 4.23. The fourth-order valence-electron chi connectivity index (χ4n) is 1.52. The number of hydrogen-bond donors (Lipinski definition) is 0. The summed E-state index contributed by atoms with van der Waals surface area (Å²) in [5.41, 5.74) is 0.392. The average Bonchev–Trinajstić information content (AvgIpc) is 2.39. The molecule has 0 bridgehead atoms. The molecule has 0 unspecified atom stereocenters. The first kappa shape index (κ1) is 15.5. The first-order valence-corrected chi connectivity index (χ1v) is 6.19. The van der Waals surface area contributed by atoms with Crippen molar-refractivity contribution in [1.29, 1.82) is 5.26 Å². The molecule has 1 aromatic rings. The average molecular weight is 300 g/mol. The van der Waals surface area contributed by atoms with Crippen LogP contribution in [-0.2, 0) is 14.3 Å². The third-order valence-corrected chi connectivity index (χ3v) is 3.09. The van der Waals surface area contributed by atoms with Crippen molar-refractivity contribution in [3.63, 3.8) is 0 Å². The predicted molar refractivity (Wildman–Crippen MR) is 71.1 cm³/mol. The molecule has 1 rings (SSSR count). The van der Waals surface area contributed by atoms with E-state index < -0.39 is 11.9 Å². The molecule has 4 nitrogen and oxygen atoms in total. The van der Waals surface area contributed by atoms with Crippen LogP contribution in [0.5, 0.6) is 0 Å². The molecule has 0 aromatic heterocycles. The number of esters is 1. The Morgan fingerprint density at radius 1 is 1.37 bits per heavy atom. The number of benzene rings is 1. The van der Waals surface area contributed by atoms with Crippen molar-refractivity contribution >= 4 is 35.0 Å². The fraction of sp³-hybridized carbons (Fsp3) is 0.308. The van der Waals surface area contributed by atoms with Crippen LogP contribution in [0.3, 0.4) is 0 Å². The van der Waals surface area contributed by atoms with Crippen LogP contribution in [0.15, 0.2) is 18.2 Å². The molecule has 0 spiro atoms. The van der Waals surface area contributed by atoms with Crippen LogP contribution in [-0.4, -0.2) is 18.9 Å². The highest BCUT2D eigenvalue weighted by molar-refractivity contribution is 6.35. The molecule has 0 aliphatic carbocycles. The summed E-state index contributed by atoms with van der Waals surface area (Å²) in [5, 5.41) is 9.77. The first-order valence-electron chi connectivity index (χ1n) is 5.43. The van der Waals surface area contributed by atoms with Gasteiger partial charge in [-0.25, -0.2) is 0 Å². The number of carbonyl (C=O) groups is 2. The Balaban J connectivity index is 2.86. The summed E-state index contributed by atoms with van der Waals surface area (Å²) in [6.45, 7) is 0. The minimum Gasteiger partial charge on any atom is -0.469 e. The van der Waals surface area contributed by atoms with Crippen LogP contribution in [0, 0.1) is 11.3 Å². The molecule has 0 N–H and O–H groups in total. The van der Waals surface area contributed by atoms with Gasteiger partial charge in [0, 0.05) is 16.5 Å². The normalized spacial score (nSPS) is 11.5. The molecule has 1 aromatic carbocycles. The van der Waals surface area contributed by atoms with Gasteiger partial charge in [0.2, 0.25) is 0 Å². The number of hydrogen-bond acceptors (Lipinski definition) is 4. The number of Topliss-reactive ketones (excluding diaryl/α,β-unsaturated/α-hetero) is 1. The van der Waals surface area contributed by atoms with E-state index in [1.54, 1.807) is 6.07 Å². The van der Waals surface area contributed by atoms with Gasteiger partial charge < -0.3 is 4.74 Å². The van der Waals surface area contributed by atoms with Crippen molar-refractivity contribution in [2.45, 2.75) is 18.8 Å². The lowest BCUT2D eigenvalue weighted by atomic mass is 9.93. The van der Waals surface area contributed by atoms with Crippen molar-refractivity contribution in [3.05, 3.63) is 33.8 Å². The van der Waals surface area contributed by atoms with Crippen molar-refractivity contribution in [2.24, 2.45) is 0 Å². The number of rotatable bonds is 5. The zero-order valence-corrected chi connectivity index (χ0v) is 11.7.